The summed E-state index contributed by atoms with van der Waals surface area (Å²) in [6.07, 6.45) is 15.4. The minimum atomic E-state index is -0.0166. The Kier molecular flexibility index (Phi) is 15.0. The van der Waals surface area contributed by atoms with Gasteiger partial charge in [-0.15, -0.1) is 11.6 Å². The predicted octanol–water partition coefficient (Wildman–Crippen LogP) is 4.91. The maximum atomic E-state index is 5.59. The van der Waals surface area contributed by atoms with Crippen LogP contribution in [0.2, 0.25) is 0 Å². The van der Waals surface area contributed by atoms with Gasteiger partial charge in [-0.2, -0.15) is 0 Å². The molecule has 0 aromatic rings. The lowest BCUT2D eigenvalue weighted by molar-refractivity contribution is -0.107. The van der Waals surface area contributed by atoms with Crippen molar-refractivity contribution in [2.45, 2.75) is 64.1 Å². The first-order valence-corrected chi connectivity index (χ1v) is 7.65. The molecule has 18 heavy (non-hydrogen) atoms. The van der Waals surface area contributed by atoms with Gasteiger partial charge in [-0.1, -0.05) is 37.8 Å². The number of halogens is 1. The number of ether oxygens (including phenoxy) is 2. The minimum Gasteiger partial charge on any atom is -0.356 e. The lowest BCUT2D eigenvalue weighted by atomic mass is 10.1. The molecule has 0 heterocycles. The standard InChI is InChI=1S/C15H29ClO2/c1-17-15(18-2)13-11-9-7-5-3-4-6-8-10-12-14-16/h8,10,15H,3-7,9,11-14H2,1-2H3/b10-8+. The summed E-state index contributed by atoms with van der Waals surface area (Å²) in [7, 11) is 3.40. The maximum absolute atomic E-state index is 5.59. The number of alkyl halides is 1. The molecular weight excluding hydrogens is 248 g/mol. The Morgan fingerprint density at radius 1 is 0.833 bits per heavy atom. The lowest BCUT2D eigenvalue weighted by Crippen LogP contribution is -2.12. The van der Waals surface area contributed by atoms with Crippen molar-refractivity contribution in [1.82, 2.24) is 0 Å². The van der Waals surface area contributed by atoms with Crippen molar-refractivity contribution in [2.24, 2.45) is 0 Å². The number of rotatable bonds is 13. The molecule has 2 nitrogen and oxygen atoms in total. The second-order valence-electron chi connectivity index (χ2n) is 4.55. The monoisotopic (exact) mass is 276 g/mol. The number of unbranched alkanes of at least 4 members (excludes halogenated alkanes) is 6. The van der Waals surface area contributed by atoms with E-state index in [-0.39, 0.29) is 6.29 Å². The largest absolute Gasteiger partial charge is 0.356 e. The highest BCUT2D eigenvalue weighted by Crippen LogP contribution is 2.11. The van der Waals surface area contributed by atoms with E-state index in [9.17, 15) is 0 Å². The summed E-state index contributed by atoms with van der Waals surface area (Å²) in [4.78, 5) is 0. The van der Waals surface area contributed by atoms with Crippen LogP contribution >= 0.6 is 11.6 Å². The Bertz CT molecular complexity index is 179. The zero-order chi connectivity index (χ0) is 13.5. The van der Waals surface area contributed by atoms with Crippen LogP contribution in [0.3, 0.4) is 0 Å². The number of allylic oxidation sites excluding steroid dienone is 2. The SMILES string of the molecule is COC(CCCCCCCC/C=C/CCCl)OC. The van der Waals surface area contributed by atoms with E-state index in [1.807, 2.05) is 0 Å². The van der Waals surface area contributed by atoms with E-state index in [4.69, 9.17) is 21.1 Å². The Hall–Kier alpha value is -0.0500. The van der Waals surface area contributed by atoms with Crippen molar-refractivity contribution in [3.63, 3.8) is 0 Å². The van der Waals surface area contributed by atoms with Gasteiger partial charge in [0.25, 0.3) is 0 Å². The second kappa shape index (κ2) is 15.0. The van der Waals surface area contributed by atoms with Gasteiger partial charge in [0.15, 0.2) is 6.29 Å². The number of methoxy groups -OCH3 is 2. The van der Waals surface area contributed by atoms with E-state index < -0.39 is 0 Å². The summed E-state index contributed by atoms with van der Waals surface area (Å²) < 4.78 is 10.3. The van der Waals surface area contributed by atoms with Gasteiger partial charge in [0.1, 0.15) is 0 Å². The third-order valence-electron chi connectivity index (χ3n) is 3.03. The Labute approximate surface area is 118 Å². The Balaban J connectivity index is 3.11. The van der Waals surface area contributed by atoms with Gasteiger partial charge in [-0.3, -0.25) is 0 Å². The van der Waals surface area contributed by atoms with Crippen LogP contribution in [0.15, 0.2) is 12.2 Å². The first-order chi connectivity index (χ1) is 8.85. The third-order valence-corrected chi connectivity index (χ3v) is 3.25. The van der Waals surface area contributed by atoms with Crippen LogP contribution < -0.4 is 0 Å². The number of hydrogen-bond donors (Lipinski definition) is 0. The zero-order valence-corrected chi connectivity index (χ0v) is 12.8. The lowest BCUT2D eigenvalue weighted by Gasteiger charge is -2.12. The van der Waals surface area contributed by atoms with Crippen LogP contribution in [0.25, 0.3) is 0 Å². The van der Waals surface area contributed by atoms with Gasteiger partial charge in [-0.05, 0) is 32.1 Å². The molecule has 108 valence electrons. The van der Waals surface area contributed by atoms with Gasteiger partial charge in [-0.25, -0.2) is 0 Å². The molecule has 0 spiro atoms. The van der Waals surface area contributed by atoms with E-state index in [1.165, 1.54) is 44.9 Å². The van der Waals surface area contributed by atoms with E-state index in [2.05, 4.69) is 12.2 Å². The van der Waals surface area contributed by atoms with Gasteiger partial charge >= 0.3 is 0 Å². The molecular formula is C15H29ClO2. The van der Waals surface area contributed by atoms with Crippen LogP contribution in [0.4, 0.5) is 0 Å². The van der Waals surface area contributed by atoms with Crippen molar-refractivity contribution in [2.75, 3.05) is 20.1 Å². The molecule has 3 heteroatoms. The minimum absolute atomic E-state index is 0.0166. The second-order valence-corrected chi connectivity index (χ2v) is 4.93. The highest BCUT2D eigenvalue weighted by atomic mass is 35.5. The molecule has 0 saturated heterocycles. The van der Waals surface area contributed by atoms with Crippen molar-refractivity contribution >= 4 is 11.6 Å². The first-order valence-electron chi connectivity index (χ1n) is 7.11. The fourth-order valence-electron chi connectivity index (χ4n) is 1.91. The summed E-state index contributed by atoms with van der Waals surface area (Å²) in [5, 5.41) is 0. The molecule has 0 rings (SSSR count). The van der Waals surface area contributed by atoms with Crippen molar-refractivity contribution in [3.05, 3.63) is 12.2 Å². The summed E-state index contributed by atoms with van der Waals surface area (Å²) in [6, 6.07) is 0. The van der Waals surface area contributed by atoms with Gasteiger partial charge in [0.05, 0.1) is 0 Å². The number of hydrogen-bond acceptors (Lipinski definition) is 2. The predicted molar refractivity (Wildman–Crippen MR) is 79.2 cm³/mol. The summed E-state index contributed by atoms with van der Waals surface area (Å²) in [6.45, 7) is 0. The molecule has 0 amide bonds. The molecule has 0 aliphatic carbocycles. The van der Waals surface area contributed by atoms with Crippen molar-refractivity contribution in [3.8, 4) is 0 Å². The Morgan fingerprint density at radius 3 is 2.00 bits per heavy atom. The molecule has 0 aromatic heterocycles. The zero-order valence-electron chi connectivity index (χ0n) is 12.0. The van der Waals surface area contributed by atoms with Crippen LogP contribution in [0.5, 0.6) is 0 Å². The summed E-state index contributed by atoms with van der Waals surface area (Å²) in [5.74, 6) is 0.737. The van der Waals surface area contributed by atoms with Crippen LogP contribution in [0.1, 0.15) is 57.8 Å². The van der Waals surface area contributed by atoms with Crippen molar-refractivity contribution in [1.29, 1.82) is 0 Å². The molecule has 0 saturated carbocycles. The molecule has 0 bridgehead atoms. The molecule has 0 aliphatic rings. The third kappa shape index (κ3) is 12.4. The Morgan fingerprint density at radius 2 is 1.39 bits per heavy atom. The van der Waals surface area contributed by atoms with Gasteiger partial charge in [0.2, 0.25) is 0 Å². The molecule has 0 aromatic carbocycles. The average molecular weight is 277 g/mol. The smallest absolute Gasteiger partial charge is 0.156 e. The molecule has 0 unspecified atom stereocenters. The normalized spacial score (nSPS) is 11.8. The van der Waals surface area contributed by atoms with E-state index in [1.54, 1.807) is 14.2 Å². The fourth-order valence-corrected chi connectivity index (χ4v) is 2.04. The fraction of sp³-hybridized carbons (Fsp3) is 0.867. The van der Waals surface area contributed by atoms with Gasteiger partial charge in [0, 0.05) is 20.1 Å². The molecule has 0 fully saturated rings. The van der Waals surface area contributed by atoms with E-state index in [0.717, 1.165) is 18.7 Å². The van der Waals surface area contributed by atoms with E-state index >= 15 is 0 Å². The molecule has 0 N–H and O–H groups in total. The van der Waals surface area contributed by atoms with Gasteiger partial charge < -0.3 is 9.47 Å². The quantitative estimate of drug-likeness (QED) is 0.206. The van der Waals surface area contributed by atoms with Crippen LogP contribution in [0, 0.1) is 0 Å². The van der Waals surface area contributed by atoms with Crippen LogP contribution in [-0.4, -0.2) is 26.4 Å². The van der Waals surface area contributed by atoms with E-state index in [0.29, 0.717) is 0 Å². The summed E-state index contributed by atoms with van der Waals surface area (Å²) in [5.41, 5.74) is 0. The average Bonchev–Trinajstić information content (AvgIpc) is 2.40. The summed E-state index contributed by atoms with van der Waals surface area (Å²) >= 11 is 5.59. The van der Waals surface area contributed by atoms with Crippen molar-refractivity contribution < 1.29 is 9.47 Å². The molecule has 0 aliphatic heterocycles. The molecule has 0 radical (unpaired) electrons. The maximum Gasteiger partial charge on any atom is 0.156 e. The highest BCUT2D eigenvalue weighted by molar-refractivity contribution is 6.17. The molecule has 0 atom stereocenters. The topological polar surface area (TPSA) is 18.5 Å². The first kappa shape index (κ1) is 17.9. The van der Waals surface area contributed by atoms with Crippen LogP contribution in [-0.2, 0) is 9.47 Å². The highest BCUT2D eigenvalue weighted by Gasteiger charge is 2.03.